The van der Waals surface area contributed by atoms with E-state index in [0.29, 0.717) is 31.8 Å². The first-order chi connectivity index (χ1) is 13.2. The summed E-state index contributed by atoms with van der Waals surface area (Å²) in [5.74, 6) is -0.424. The van der Waals surface area contributed by atoms with Crippen LogP contribution in [-0.2, 0) is 23.9 Å². The van der Waals surface area contributed by atoms with Gasteiger partial charge in [-0.15, -0.1) is 0 Å². The number of ether oxygens (including phenoxy) is 2. The minimum atomic E-state index is -0.684. The fourth-order valence-corrected chi connectivity index (χ4v) is 2.91. The molecule has 0 saturated heterocycles. The zero-order valence-corrected chi connectivity index (χ0v) is 18.7. The molecule has 0 aromatic carbocycles. The first-order valence-electron chi connectivity index (χ1n) is 10.4. The summed E-state index contributed by atoms with van der Waals surface area (Å²) in [6.45, 7) is 10.9. The molecule has 1 unspecified atom stereocenters. The highest BCUT2D eigenvalue weighted by Crippen LogP contribution is 2.16. The third-order valence-corrected chi connectivity index (χ3v) is 5.14. The van der Waals surface area contributed by atoms with Gasteiger partial charge >= 0.3 is 5.97 Å². The molecule has 0 rings (SSSR count). The fraction of sp³-hybridized carbons (Fsp3) is 0.857. The van der Waals surface area contributed by atoms with E-state index < -0.39 is 12.0 Å². The Morgan fingerprint density at radius 1 is 1.04 bits per heavy atom. The quantitative estimate of drug-likeness (QED) is 0.453. The molecule has 164 valence electrons. The van der Waals surface area contributed by atoms with E-state index in [2.05, 4.69) is 23.9 Å². The topological polar surface area (TPSA) is 84.9 Å². The Labute approximate surface area is 170 Å². The fourth-order valence-electron chi connectivity index (χ4n) is 2.91. The van der Waals surface area contributed by atoms with E-state index in [9.17, 15) is 14.4 Å². The van der Waals surface area contributed by atoms with E-state index in [1.807, 2.05) is 11.8 Å². The summed E-state index contributed by atoms with van der Waals surface area (Å²) in [6.07, 6.45) is 3.60. The van der Waals surface area contributed by atoms with Crippen LogP contribution in [0.3, 0.4) is 0 Å². The molecular weight excluding hydrogens is 360 g/mol. The molecule has 0 aliphatic rings. The predicted molar refractivity (Wildman–Crippen MR) is 110 cm³/mol. The van der Waals surface area contributed by atoms with Crippen LogP contribution in [0.25, 0.3) is 0 Å². The van der Waals surface area contributed by atoms with Crippen LogP contribution in [0.15, 0.2) is 0 Å². The van der Waals surface area contributed by atoms with Gasteiger partial charge in [0, 0.05) is 26.1 Å². The SMILES string of the molecule is CCCN(CCC(C)C(=O)N[C@@H](C)C(=O)OC)C(=O)C[C@H](C[C@@H](C)CC)OC. The maximum atomic E-state index is 12.7. The van der Waals surface area contributed by atoms with Gasteiger partial charge in [-0.2, -0.15) is 0 Å². The van der Waals surface area contributed by atoms with Gasteiger partial charge in [-0.3, -0.25) is 9.59 Å². The Morgan fingerprint density at radius 3 is 2.18 bits per heavy atom. The lowest BCUT2D eigenvalue weighted by Gasteiger charge is -2.26. The Kier molecular flexibility index (Phi) is 13.5. The van der Waals surface area contributed by atoms with Crippen LogP contribution in [0.2, 0.25) is 0 Å². The second-order valence-electron chi connectivity index (χ2n) is 7.63. The van der Waals surface area contributed by atoms with Crippen LogP contribution in [0.1, 0.15) is 66.7 Å². The molecular formula is C21H40N2O5. The van der Waals surface area contributed by atoms with Crippen molar-refractivity contribution in [2.75, 3.05) is 27.3 Å². The molecule has 0 fully saturated rings. The zero-order valence-electron chi connectivity index (χ0n) is 18.7. The molecule has 2 amide bonds. The summed E-state index contributed by atoms with van der Waals surface area (Å²) >= 11 is 0. The molecule has 0 aliphatic carbocycles. The second-order valence-corrected chi connectivity index (χ2v) is 7.63. The molecule has 0 aromatic rings. The highest BCUT2D eigenvalue weighted by Gasteiger charge is 2.23. The Morgan fingerprint density at radius 2 is 1.68 bits per heavy atom. The number of esters is 1. The molecule has 0 aliphatic heterocycles. The van der Waals surface area contributed by atoms with Crippen molar-refractivity contribution in [3.8, 4) is 0 Å². The summed E-state index contributed by atoms with van der Waals surface area (Å²) in [5, 5.41) is 2.65. The van der Waals surface area contributed by atoms with Crippen molar-refractivity contribution in [1.29, 1.82) is 0 Å². The summed E-state index contributed by atoms with van der Waals surface area (Å²) in [5.41, 5.74) is 0. The van der Waals surface area contributed by atoms with Gasteiger partial charge in [0.05, 0.1) is 19.6 Å². The number of hydrogen-bond donors (Lipinski definition) is 1. The molecule has 7 nitrogen and oxygen atoms in total. The van der Waals surface area contributed by atoms with Crippen molar-refractivity contribution in [3.63, 3.8) is 0 Å². The number of hydrogen-bond acceptors (Lipinski definition) is 5. The number of amides is 2. The average Bonchev–Trinajstić information content (AvgIpc) is 2.68. The number of carbonyl (C=O) groups excluding carboxylic acids is 3. The summed E-state index contributed by atoms with van der Waals surface area (Å²) in [4.78, 5) is 38.2. The number of nitrogens with one attached hydrogen (secondary N) is 1. The predicted octanol–water partition coefficient (Wildman–Crippen LogP) is 2.77. The van der Waals surface area contributed by atoms with E-state index in [4.69, 9.17) is 4.74 Å². The highest BCUT2D eigenvalue weighted by atomic mass is 16.5. The van der Waals surface area contributed by atoms with Gasteiger partial charge in [-0.25, -0.2) is 4.79 Å². The monoisotopic (exact) mass is 400 g/mol. The number of rotatable bonds is 14. The van der Waals surface area contributed by atoms with Gasteiger partial charge in [0.15, 0.2) is 0 Å². The molecule has 0 saturated carbocycles. The largest absolute Gasteiger partial charge is 0.467 e. The van der Waals surface area contributed by atoms with Crippen molar-refractivity contribution in [3.05, 3.63) is 0 Å². The first-order valence-corrected chi connectivity index (χ1v) is 10.4. The number of methoxy groups -OCH3 is 2. The van der Waals surface area contributed by atoms with E-state index in [1.165, 1.54) is 7.11 Å². The second kappa shape index (κ2) is 14.4. The lowest BCUT2D eigenvalue weighted by atomic mass is 9.98. The maximum absolute atomic E-state index is 12.7. The standard InChI is InChI=1S/C21H40N2O5/c1-8-11-23(19(24)14-18(27-6)13-15(3)9-2)12-10-16(4)20(25)22-17(5)21(26)28-7/h15-18H,8-14H2,1-7H3,(H,22,25)/t15-,16?,17-,18-/m0/s1. The summed E-state index contributed by atoms with van der Waals surface area (Å²) in [6, 6.07) is -0.684. The lowest BCUT2D eigenvalue weighted by molar-refractivity contribution is -0.145. The molecule has 0 spiro atoms. The van der Waals surface area contributed by atoms with Gasteiger partial charge in [-0.05, 0) is 32.1 Å². The van der Waals surface area contributed by atoms with Crippen LogP contribution in [0.4, 0.5) is 0 Å². The van der Waals surface area contributed by atoms with Crippen molar-refractivity contribution in [1.82, 2.24) is 10.2 Å². The van der Waals surface area contributed by atoms with Crippen molar-refractivity contribution >= 4 is 17.8 Å². The van der Waals surface area contributed by atoms with Crippen LogP contribution in [-0.4, -0.2) is 62.1 Å². The van der Waals surface area contributed by atoms with Crippen molar-refractivity contribution < 1.29 is 23.9 Å². The van der Waals surface area contributed by atoms with Crippen LogP contribution < -0.4 is 5.32 Å². The van der Waals surface area contributed by atoms with E-state index in [1.54, 1.807) is 21.0 Å². The molecule has 0 radical (unpaired) electrons. The van der Waals surface area contributed by atoms with Crippen LogP contribution in [0, 0.1) is 11.8 Å². The Balaban J connectivity index is 4.68. The van der Waals surface area contributed by atoms with Crippen molar-refractivity contribution in [2.24, 2.45) is 11.8 Å². The van der Waals surface area contributed by atoms with Crippen LogP contribution >= 0.6 is 0 Å². The van der Waals surface area contributed by atoms with E-state index >= 15 is 0 Å². The van der Waals surface area contributed by atoms with Gasteiger partial charge in [0.1, 0.15) is 6.04 Å². The molecule has 28 heavy (non-hydrogen) atoms. The Bertz CT molecular complexity index is 483. The minimum Gasteiger partial charge on any atom is -0.467 e. The lowest BCUT2D eigenvalue weighted by Crippen LogP contribution is -2.43. The summed E-state index contributed by atoms with van der Waals surface area (Å²) < 4.78 is 10.1. The van der Waals surface area contributed by atoms with E-state index in [0.717, 1.165) is 19.3 Å². The van der Waals surface area contributed by atoms with Gasteiger partial charge < -0.3 is 19.7 Å². The zero-order chi connectivity index (χ0) is 21.7. The average molecular weight is 401 g/mol. The highest BCUT2D eigenvalue weighted by molar-refractivity contribution is 5.85. The molecule has 0 aromatic heterocycles. The molecule has 7 heteroatoms. The molecule has 0 bridgehead atoms. The Hall–Kier alpha value is -1.63. The van der Waals surface area contributed by atoms with Crippen molar-refractivity contribution in [2.45, 2.75) is 78.9 Å². The third kappa shape index (κ3) is 10.1. The number of nitrogens with zero attached hydrogens (tertiary/aromatic N) is 1. The van der Waals surface area contributed by atoms with Crippen LogP contribution in [0.5, 0.6) is 0 Å². The van der Waals surface area contributed by atoms with Gasteiger partial charge in [-0.1, -0.05) is 34.1 Å². The maximum Gasteiger partial charge on any atom is 0.328 e. The summed E-state index contributed by atoms with van der Waals surface area (Å²) in [7, 11) is 2.94. The number of carbonyl (C=O) groups is 3. The molecule has 0 heterocycles. The van der Waals surface area contributed by atoms with Gasteiger partial charge in [0.25, 0.3) is 0 Å². The molecule has 4 atom stereocenters. The normalized spacial score (nSPS) is 15.2. The first kappa shape index (κ1) is 26.4. The minimum absolute atomic E-state index is 0.0625. The smallest absolute Gasteiger partial charge is 0.328 e. The third-order valence-electron chi connectivity index (χ3n) is 5.14. The van der Waals surface area contributed by atoms with E-state index in [-0.39, 0.29) is 23.8 Å². The van der Waals surface area contributed by atoms with Gasteiger partial charge in [0.2, 0.25) is 11.8 Å². The molecule has 1 N–H and O–H groups in total.